The van der Waals surface area contributed by atoms with Crippen LogP contribution in [0.4, 0.5) is 0 Å². The van der Waals surface area contributed by atoms with E-state index in [0.29, 0.717) is 12.0 Å². The molecule has 84 valence electrons. The molecule has 14 heavy (non-hydrogen) atoms. The number of rotatable bonds is 3. The molecule has 0 aliphatic carbocycles. The van der Waals surface area contributed by atoms with Crippen molar-refractivity contribution in [3.05, 3.63) is 0 Å². The van der Waals surface area contributed by atoms with Crippen molar-refractivity contribution >= 4 is 11.8 Å². The van der Waals surface area contributed by atoms with Gasteiger partial charge < -0.3 is 5.73 Å². The molecule has 1 aliphatic rings. The van der Waals surface area contributed by atoms with E-state index in [2.05, 4.69) is 44.4 Å². The Hall–Kier alpha value is 0.270. The third-order valence-corrected chi connectivity index (χ3v) is 4.05. The van der Waals surface area contributed by atoms with Crippen molar-refractivity contribution in [2.45, 2.75) is 44.2 Å². The summed E-state index contributed by atoms with van der Waals surface area (Å²) in [5.41, 5.74) is 6.09. The van der Waals surface area contributed by atoms with Crippen LogP contribution in [0.3, 0.4) is 0 Å². The van der Waals surface area contributed by atoms with Gasteiger partial charge in [-0.3, -0.25) is 4.90 Å². The molecular formula is C11H24N2S. The molecule has 3 atom stereocenters. The minimum atomic E-state index is 0.331. The Balaban J connectivity index is 2.36. The molecule has 0 spiro atoms. The van der Waals surface area contributed by atoms with E-state index in [0.717, 1.165) is 17.0 Å². The van der Waals surface area contributed by atoms with Gasteiger partial charge in [-0.05, 0) is 5.92 Å². The van der Waals surface area contributed by atoms with Crippen LogP contribution in [0.25, 0.3) is 0 Å². The summed E-state index contributed by atoms with van der Waals surface area (Å²) in [7, 11) is 0. The predicted molar refractivity (Wildman–Crippen MR) is 65.8 cm³/mol. The highest BCUT2D eigenvalue weighted by Gasteiger charge is 2.23. The van der Waals surface area contributed by atoms with Crippen LogP contribution in [-0.2, 0) is 0 Å². The SMILES string of the molecule is CC1CN(CC(N)C(C)C)CC(C)S1. The van der Waals surface area contributed by atoms with Crippen LogP contribution in [0, 0.1) is 5.92 Å². The fraction of sp³-hybridized carbons (Fsp3) is 1.00. The van der Waals surface area contributed by atoms with Crippen molar-refractivity contribution < 1.29 is 0 Å². The van der Waals surface area contributed by atoms with Crippen LogP contribution in [0.5, 0.6) is 0 Å². The summed E-state index contributed by atoms with van der Waals surface area (Å²) in [5, 5.41) is 1.52. The second-order valence-electron chi connectivity index (χ2n) is 4.88. The Morgan fingerprint density at radius 3 is 2.21 bits per heavy atom. The number of hydrogen-bond acceptors (Lipinski definition) is 3. The van der Waals surface area contributed by atoms with Gasteiger partial charge in [0.15, 0.2) is 0 Å². The molecule has 2 N–H and O–H groups in total. The molecule has 1 fully saturated rings. The fourth-order valence-electron chi connectivity index (χ4n) is 1.94. The number of nitrogens with two attached hydrogens (primary N) is 1. The summed E-state index contributed by atoms with van der Waals surface area (Å²) in [5.74, 6) is 0.593. The van der Waals surface area contributed by atoms with Crippen molar-refractivity contribution in [1.82, 2.24) is 4.90 Å². The number of thioether (sulfide) groups is 1. The zero-order valence-corrected chi connectivity index (χ0v) is 10.7. The molecule has 2 nitrogen and oxygen atoms in total. The van der Waals surface area contributed by atoms with Gasteiger partial charge in [-0.15, -0.1) is 0 Å². The average Bonchev–Trinajstić information content (AvgIpc) is 2.01. The molecule has 1 heterocycles. The molecule has 0 bridgehead atoms. The molecular weight excluding hydrogens is 192 g/mol. The predicted octanol–water partition coefficient (Wildman–Crippen LogP) is 1.80. The van der Waals surface area contributed by atoms with Gasteiger partial charge in [-0.2, -0.15) is 11.8 Å². The molecule has 0 aromatic rings. The first-order chi connectivity index (χ1) is 6.49. The summed E-state index contributed by atoms with van der Waals surface area (Å²) >= 11 is 2.10. The van der Waals surface area contributed by atoms with Crippen LogP contribution >= 0.6 is 11.8 Å². The minimum absolute atomic E-state index is 0.331. The van der Waals surface area contributed by atoms with Crippen LogP contribution in [0.15, 0.2) is 0 Å². The van der Waals surface area contributed by atoms with Crippen molar-refractivity contribution in [2.75, 3.05) is 19.6 Å². The van der Waals surface area contributed by atoms with Crippen LogP contribution in [0.2, 0.25) is 0 Å². The van der Waals surface area contributed by atoms with Crippen LogP contribution < -0.4 is 5.73 Å². The van der Waals surface area contributed by atoms with Gasteiger partial charge in [-0.25, -0.2) is 0 Å². The lowest BCUT2D eigenvalue weighted by Crippen LogP contribution is -2.47. The van der Waals surface area contributed by atoms with Crippen molar-refractivity contribution in [2.24, 2.45) is 11.7 Å². The summed E-state index contributed by atoms with van der Waals surface area (Å²) in [6, 6.07) is 0.331. The van der Waals surface area contributed by atoms with Crippen LogP contribution in [0.1, 0.15) is 27.7 Å². The zero-order chi connectivity index (χ0) is 10.7. The Morgan fingerprint density at radius 1 is 1.29 bits per heavy atom. The molecule has 3 unspecified atom stereocenters. The smallest absolute Gasteiger partial charge is 0.0191 e. The number of nitrogens with zero attached hydrogens (tertiary/aromatic N) is 1. The normalized spacial score (nSPS) is 32.1. The Bertz CT molecular complexity index is 163. The monoisotopic (exact) mass is 216 g/mol. The molecule has 1 aliphatic heterocycles. The third-order valence-electron chi connectivity index (χ3n) is 2.82. The van der Waals surface area contributed by atoms with Gasteiger partial charge >= 0.3 is 0 Å². The van der Waals surface area contributed by atoms with E-state index in [-0.39, 0.29) is 0 Å². The van der Waals surface area contributed by atoms with Gasteiger partial charge in [0.05, 0.1) is 0 Å². The second kappa shape index (κ2) is 5.38. The molecule has 0 radical (unpaired) electrons. The van der Waals surface area contributed by atoms with E-state index in [1.54, 1.807) is 0 Å². The highest BCUT2D eigenvalue weighted by molar-refractivity contribution is 8.00. The van der Waals surface area contributed by atoms with Gasteiger partial charge in [0, 0.05) is 36.2 Å². The molecule has 1 rings (SSSR count). The van der Waals surface area contributed by atoms with E-state index in [9.17, 15) is 0 Å². The Morgan fingerprint density at radius 2 is 1.79 bits per heavy atom. The largest absolute Gasteiger partial charge is 0.326 e. The first-order valence-corrected chi connectivity index (χ1v) is 6.56. The highest BCUT2D eigenvalue weighted by atomic mass is 32.2. The summed E-state index contributed by atoms with van der Waals surface area (Å²) < 4.78 is 0. The Kier molecular flexibility index (Phi) is 4.74. The topological polar surface area (TPSA) is 29.3 Å². The summed E-state index contributed by atoms with van der Waals surface area (Å²) in [6.07, 6.45) is 0. The van der Waals surface area contributed by atoms with E-state index in [1.807, 2.05) is 0 Å². The molecule has 0 aromatic heterocycles. The molecule has 0 saturated carbocycles. The molecule has 1 saturated heterocycles. The average molecular weight is 216 g/mol. The summed E-state index contributed by atoms with van der Waals surface area (Å²) in [4.78, 5) is 2.52. The lowest BCUT2D eigenvalue weighted by molar-refractivity contribution is 0.236. The highest BCUT2D eigenvalue weighted by Crippen LogP contribution is 2.24. The number of hydrogen-bond donors (Lipinski definition) is 1. The van der Waals surface area contributed by atoms with Gasteiger partial charge in [-0.1, -0.05) is 27.7 Å². The maximum atomic E-state index is 6.09. The van der Waals surface area contributed by atoms with Gasteiger partial charge in [0.2, 0.25) is 0 Å². The lowest BCUT2D eigenvalue weighted by Gasteiger charge is -2.36. The molecule has 3 heteroatoms. The Labute approximate surface area is 92.6 Å². The third kappa shape index (κ3) is 3.79. The lowest BCUT2D eigenvalue weighted by atomic mass is 10.0. The van der Waals surface area contributed by atoms with Gasteiger partial charge in [0.1, 0.15) is 0 Å². The minimum Gasteiger partial charge on any atom is -0.326 e. The molecule has 0 amide bonds. The van der Waals surface area contributed by atoms with E-state index >= 15 is 0 Å². The maximum absolute atomic E-state index is 6.09. The van der Waals surface area contributed by atoms with E-state index < -0.39 is 0 Å². The standard InChI is InChI=1S/C11H24N2S/c1-8(2)11(12)7-13-5-9(3)14-10(4)6-13/h8-11H,5-7,12H2,1-4H3. The van der Waals surface area contributed by atoms with E-state index in [1.165, 1.54) is 13.1 Å². The second-order valence-corrected chi connectivity index (χ2v) is 6.77. The maximum Gasteiger partial charge on any atom is 0.0191 e. The van der Waals surface area contributed by atoms with E-state index in [4.69, 9.17) is 5.73 Å². The molecule has 0 aromatic carbocycles. The van der Waals surface area contributed by atoms with Crippen LogP contribution in [-0.4, -0.2) is 41.1 Å². The van der Waals surface area contributed by atoms with Crippen molar-refractivity contribution in [1.29, 1.82) is 0 Å². The van der Waals surface area contributed by atoms with Gasteiger partial charge in [0.25, 0.3) is 0 Å². The first kappa shape index (κ1) is 12.3. The van der Waals surface area contributed by atoms with Crippen molar-refractivity contribution in [3.63, 3.8) is 0 Å². The first-order valence-electron chi connectivity index (χ1n) is 5.62. The quantitative estimate of drug-likeness (QED) is 0.780. The zero-order valence-electron chi connectivity index (χ0n) is 9.86. The fourth-order valence-corrected chi connectivity index (χ4v) is 3.33. The summed E-state index contributed by atoms with van der Waals surface area (Å²) in [6.45, 7) is 12.5. The van der Waals surface area contributed by atoms with Crippen molar-refractivity contribution in [3.8, 4) is 0 Å².